The summed E-state index contributed by atoms with van der Waals surface area (Å²) in [5.41, 5.74) is 1.58. The van der Waals surface area contributed by atoms with Crippen LogP contribution in [-0.2, 0) is 16.1 Å². The van der Waals surface area contributed by atoms with Crippen molar-refractivity contribution in [2.45, 2.75) is 70.7 Å². The highest BCUT2D eigenvalue weighted by atomic mass is 16.5. The van der Waals surface area contributed by atoms with E-state index in [2.05, 4.69) is 13.8 Å². The van der Waals surface area contributed by atoms with Crippen molar-refractivity contribution < 1.29 is 23.8 Å². The van der Waals surface area contributed by atoms with Gasteiger partial charge in [-0.05, 0) is 87.9 Å². The van der Waals surface area contributed by atoms with E-state index in [9.17, 15) is 9.59 Å². The van der Waals surface area contributed by atoms with Crippen molar-refractivity contribution in [3.05, 3.63) is 59.7 Å². The number of amides is 2. The van der Waals surface area contributed by atoms with E-state index >= 15 is 0 Å². The highest BCUT2D eigenvalue weighted by molar-refractivity contribution is 5.94. The molecule has 0 radical (unpaired) electrons. The van der Waals surface area contributed by atoms with Crippen LogP contribution in [0.5, 0.6) is 11.5 Å². The lowest BCUT2D eigenvalue weighted by atomic mass is 9.97. The molecule has 0 aliphatic carbocycles. The van der Waals surface area contributed by atoms with Crippen LogP contribution in [-0.4, -0.2) is 66.7 Å². The summed E-state index contributed by atoms with van der Waals surface area (Å²) >= 11 is 0. The van der Waals surface area contributed by atoms with Crippen molar-refractivity contribution >= 4 is 11.8 Å². The molecule has 2 amide bonds. The zero-order valence-corrected chi connectivity index (χ0v) is 21.7. The Morgan fingerprint density at radius 1 is 1.00 bits per heavy atom. The van der Waals surface area contributed by atoms with Crippen molar-refractivity contribution in [1.82, 2.24) is 9.80 Å². The predicted octanol–water partition coefficient (Wildman–Crippen LogP) is 4.68. The Hall–Kier alpha value is -3.06. The van der Waals surface area contributed by atoms with Gasteiger partial charge >= 0.3 is 0 Å². The first-order valence-electron chi connectivity index (χ1n) is 13.0. The molecule has 2 aromatic carbocycles. The highest BCUT2D eigenvalue weighted by Gasteiger charge is 2.29. The fourth-order valence-electron chi connectivity index (χ4n) is 5.25. The monoisotopic (exact) mass is 494 g/mol. The second kappa shape index (κ2) is 12.3. The third-order valence-corrected chi connectivity index (χ3v) is 7.19. The minimum atomic E-state index is -0.0630. The first-order chi connectivity index (χ1) is 17.4. The van der Waals surface area contributed by atoms with Crippen LogP contribution in [0.4, 0.5) is 0 Å². The standard InChI is InChI=1S/C29H38N2O5/c1-21-7-4-8-22(2)31(21)28(32)20-36-25-14-12-24(13-15-25)29(33)30(19-27-11-6-16-35-27)18-23-9-5-10-26(17-23)34-3/h5,9-10,12-15,17,21-22,27H,4,6-8,11,16,18-20H2,1-3H3. The molecule has 0 saturated carbocycles. The smallest absolute Gasteiger partial charge is 0.260 e. The Balaban J connectivity index is 1.40. The molecule has 0 aromatic heterocycles. The molecule has 3 atom stereocenters. The topological polar surface area (TPSA) is 68.3 Å². The summed E-state index contributed by atoms with van der Waals surface area (Å²) in [6.07, 6.45) is 5.25. The van der Waals surface area contributed by atoms with Crippen molar-refractivity contribution in [2.75, 3.05) is 26.9 Å². The molecule has 0 spiro atoms. The van der Waals surface area contributed by atoms with Crippen molar-refractivity contribution in [3.8, 4) is 11.5 Å². The highest BCUT2D eigenvalue weighted by Crippen LogP contribution is 2.24. The molecule has 0 bridgehead atoms. The molecule has 2 saturated heterocycles. The van der Waals surface area contributed by atoms with Crippen LogP contribution in [0, 0.1) is 0 Å². The van der Waals surface area contributed by atoms with Crippen molar-refractivity contribution in [1.29, 1.82) is 0 Å². The molecule has 0 N–H and O–H groups in total. The predicted molar refractivity (Wildman–Crippen MR) is 138 cm³/mol. The lowest BCUT2D eigenvalue weighted by molar-refractivity contribution is -0.139. The fourth-order valence-corrected chi connectivity index (χ4v) is 5.25. The minimum Gasteiger partial charge on any atom is -0.497 e. The molecular formula is C29H38N2O5. The molecular weight excluding hydrogens is 456 g/mol. The van der Waals surface area contributed by atoms with Crippen LogP contribution >= 0.6 is 0 Å². The fraction of sp³-hybridized carbons (Fsp3) is 0.517. The van der Waals surface area contributed by atoms with Crippen LogP contribution in [0.2, 0.25) is 0 Å². The van der Waals surface area contributed by atoms with Crippen LogP contribution in [0.15, 0.2) is 48.5 Å². The Labute approximate surface area is 214 Å². The van der Waals surface area contributed by atoms with E-state index in [0.29, 0.717) is 24.4 Å². The summed E-state index contributed by atoms with van der Waals surface area (Å²) in [4.78, 5) is 30.0. The molecule has 2 aliphatic rings. The summed E-state index contributed by atoms with van der Waals surface area (Å²) in [7, 11) is 1.64. The zero-order chi connectivity index (χ0) is 25.5. The normalized spacial score (nSPS) is 21.8. The largest absolute Gasteiger partial charge is 0.497 e. The SMILES string of the molecule is COc1cccc(CN(CC2CCCO2)C(=O)c2ccc(OCC(=O)N3C(C)CCCC3C)cc2)c1. The maximum absolute atomic E-state index is 13.5. The van der Waals surface area contributed by atoms with E-state index in [0.717, 1.165) is 50.0 Å². The van der Waals surface area contributed by atoms with Gasteiger partial charge in [-0.2, -0.15) is 0 Å². The van der Waals surface area contributed by atoms with Crippen LogP contribution < -0.4 is 9.47 Å². The second-order valence-corrected chi connectivity index (χ2v) is 9.92. The number of nitrogens with zero attached hydrogens (tertiary/aromatic N) is 2. The van der Waals surface area contributed by atoms with Gasteiger partial charge in [-0.15, -0.1) is 0 Å². The molecule has 3 unspecified atom stereocenters. The van der Waals surface area contributed by atoms with E-state index in [1.807, 2.05) is 34.1 Å². The van der Waals surface area contributed by atoms with Crippen LogP contribution in [0.1, 0.15) is 61.9 Å². The summed E-state index contributed by atoms with van der Waals surface area (Å²) in [5.74, 6) is 1.29. The molecule has 2 aliphatic heterocycles. The molecule has 194 valence electrons. The van der Waals surface area contributed by atoms with E-state index in [1.54, 1.807) is 31.4 Å². The summed E-state index contributed by atoms with van der Waals surface area (Å²) in [5, 5.41) is 0. The first-order valence-corrected chi connectivity index (χ1v) is 13.0. The number of likely N-dealkylation sites (tertiary alicyclic amines) is 1. The van der Waals surface area contributed by atoms with Gasteiger partial charge in [-0.25, -0.2) is 0 Å². The van der Waals surface area contributed by atoms with Crippen molar-refractivity contribution in [3.63, 3.8) is 0 Å². The lowest BCUT2D eigenvalue weighted by Crippen LogP contribution is -2.49. The Morgan fingerprint density at radius 3 is 2.42 bits per heavy atom. The van der Waals surface area contributed by atoms with Crippen LogP contribution in [0.3, 0.4) is 0 Å². The number of benzene rings is 2. The van der Waals surface area contributed by atoms with E-state index in [4.69, 9.17) is 14.2 Å². The Morgan fingerprint density at radius 2 is 1.75 bits per heavy atom. The number of rotatable bonds is 9. The number of methoxy groups -OCH3 is 1. The summed E-state index contributed by atoms with van der Waals surface area (Å²) < 4.78 is 17.0. The van der Waals surface area contributed by atoms with Gasteiger partial charge in [-0.3, -0.25) is 9.59 Å². The third-order valence-electron chi connectivity index (χ3n) is 7.19. The van der Waals surface area contributed by atoms with Gasteiger partial charge in [0.2, 0.25) is 0 Å². The van der Waals surface area contributed by atoms with E-state index in [1.165, 1.54) is 0 Å². The number of carbonyl (C=O) groups is 2. The molecule has 7 heteroatoms. The van der Waals surface area contributed by atoms with Crippen molar-refractivity contribution in [2.24, 2.45) is 0 Å². The number of piperidine rings is 1. The summed E-state index contributed by atoms with van der Waals surface area (Å²) in [6.45, 7) is 5.95. The van der Waals surface area contributed by atoms with Gasteiger partial charge in [-0.1, -0.05) is 12.1 Å². The molecule has 36 heavy (non-hydrogen) atoms. The van der Waals surface area contributed by atoms with Gasteiger partial charge in [0.05, 0.1) is 13.2 Å². The Bertz CT molecular complexity index is 1010. The van der Waals surface area contributed by atoms with Crippen LogP contribution in [0.25, 0.3) is 0 Å². The lowest BCUT2D eigenvalue weighted by Gasteiger charge is -2.38. The number of hydrogen-bond acceptors (Lipinski definition) is 5. The van der Waals surface area contributed by atoms with Gasteiger partial charge in [0, 0.05) is 37.3 Å². The summed E-state index contributed by atoms with van der Waals surface area (Å²) in [6, 6.07) is 15.3. The number of ether oxygens (including phenoxy) is 3. The number of carbonyl (C=O) groups excluding carboxylic acids is 2. The average molecular weight is 495 g/mol. The third kappa shape index (κ3) is 6.58. The average Bonchev–Trinajstić information content (AvgIpc) is 3.40. The maximum atomic E-state index is 13.5. The minimum absolute atomic E-state index is 0.00293. The van der Waals surface area contributed by atoms with Gasteiger partial charge in [0.25, 0.3) is 11.8 Å². The Kier molecular flexibility index (Phi) is 8.86. The molecule has 7 nitrogen and oxygen atoms in total. The molecule has 2 fully saturated rings. The molecule has 2 aromatic rings. The molecule has 2 heterocycles. The van der Waals surface area contributed by atoms with Gasteiger partial charge in [0.1, 0.15) is 11.5 Å². The van der Waals surface area contributed by atoms with E-state index in [-0.39, 0.29) is 36.6 Å². The second-order valence-electron chi connectivity index (χ2n) is 9.92. The molecule has 4 rings (SSSR count). The van der Waals surface area contributed by atoms with E-state index < -0.39 is 0 Å². The number of hydrogen-bond donors (Lipinski definition) is 0. The van der Waals surface area contributed by atoms with Gasteiger partial charge in [0.15, 0.2) is 6.61 Å². The first kappa shape index (κ1) is 26.0. The maximum Gasteiger partial charge on any atom is 0.260 e. The van der Waals surface area contributed by atoms with Gasteiger partial charge < -0.3 is 24.0 Å². The zero-order valence-electron chi connectivity index (χ0n) is 21.7. The quantitative estimate of drug-likeness (QED) is 0.506.